The molecule has 0 aliphatic rings. The molecular formula is C12H20. The van der Waals surface area contributed by atoms with E-state index in [4.69, 9.17) is 0 Å². The van der Waals surface area contributed by atoms with Crippen molar-refractivity contribution in [2.24, 2.45) is 0 Å². The summed E-state index contributed by atoms with van der Waals surface area (Å²) in [6.45, 7) is 14.6. The molecule has 0 N–H and O–H groups in total. The maximum Gasteiger partial charge on any atom is -0.0138 e. The Kier molecular flexibility index (Phi) is 4.65. The van der Waals surface area contributed by atoms with Gasteiger partial charge in [-0.15, -0.1) is 6.58 Å². The van der Waals surface area contributed by atoms with E-state index in [1.165, 1.54) is 22.3 Å². The highest BCUT2D eigenvalue weighted by atomic mass is 14.0. The predicted octanol–water partition coefficient (Wildman–Crippen LogP) is 4.26. The Labute approximate surface area is 76.7 Å². The van der Waals surface area contributed by atoms with Crippen molar-refractivity contribution in [3.8, 4) is 0 Å². The second-order valence-corrected chi connectivity index (χ2v) is 3.52. The maximum atomic E-state index is 3.74. The van der Waals surface area contributed by atoms with Crippen LogP contribution in [0.15, 0.2) is 34.9 Å². The first-order valence-electron chi connectivity index (χ1n) is 4.42. The lowest BCUT2D eigenvalue weighted by Gasteiger charge is -2.08. The van der Waals surface area contributed by atoms with Crippen molar-refractivity contribution in [2.45, 2.75) is 41.0 Å². The highest BCUT2D eigenvalue weighted by molar-refractivity contribution is 5.34. The topological polar surface area (TPSA) is 0 Å². The average molecular weight is 164 g/mol. The molecule has 0 fully saturated rings. The van der Waals surface area contributed by atoms with E-state index >= 15 is 0 Å². The van der Waals surface area contributed by atoms with E-state index in [0.717, 1.165) is 6.42 Å². The van der Waals surface area contributed by atoms with Gasteiger partial charge in [-0.3, -0.25) is 0 Å². The van der Waals surface area contributed by atoms with Gasteiger partial charge in [0, 0.05) is 0 Å². The van der Waals surface area contributed by atoms with Gasteiger partial charge in [0.2, 0.25) is 0 Å². The van der Waals surface area contributed by atoms with Crippen molar-refractivity contribution in [3.63, 3.8) is 0 Å². The predicted molar refractivity (Wildman–Crippen MR) is 57.2 cm³/mol. The van der Waals surface area contributed by atoms with Gasteiger partial charge in [0.1, 0.15) is 0 Å². The van der Waals surface area contributed by atoms with Crippen molar-refractivity contribution in [3.05, 3.63) is 34.9 Å². The SMILES string of the molecule is C=CCC(C)=C(C)C(C)=C(C)C. The summed E-state index contributed by atoms with van der Waals surface area (Å²) in [7, 11) is 0. The molecule has 0 saturated heterocycles. The zero-order valence-electron chi connectivity index (χ0n) is 8.99. The second-order valence-electron chi connectivity index (χ2n) is 3.52. The quantitative estimate of drug-likeness (QED) is 0.432. The highest BCUT2D eigenvalue weighted by Crippen LogP contribution is 2.19. The standard InChI is InChI=1S/C12H20/c1-7-8-10(4)12(6)11(5)9(2)3/h7H,1,8H2,2-6H3. The van der Waals surface area contributed by atoms with Gasteiger partial charge in [-0.1, -0.05) is 17.2 Å². The van der Waals surface area contributed by atoms with Crippen LogP contribution in [0.3, 0.4) is 0 Å². The van der Waals surface area contributed by atoms with E-state index in [1.807, 2.05) is 6.08 Å². The van der Waals surface area contributed by atoms with Crippen molar-refractivity contribution >= 4 is 0 Å². The molecule has 0 heteroatoms. The van der Waals surface area contributed by atoms with Gasteiger partial charge in [-0.2, -0.15) is 0 Å². The summed E-state index contributed by atoms with van der Waals surface area (Å²) in [5, 5.41) is 0. The number of hydrogen-bond donors (Lipinski definition) is 0. The largest absolute Gasteiger partial charge is 0.103 e. The smallest absolute Gasteiger partial charge is 0.0138 e. The third-order valence-electron chi connectivity index (χ3n) is 2.40. The third kappa shape index (κ3) is 3.08. The van der Waals surface area contributed by atoms with Gasteiger partial charge in [-0.25, -0.2) is 0 Å². The fourth-order valence-corrected chi connectivity index (χ4v) is 1.06. The Balaban J connectivity index is 4.78. The molecule has 0 heterocycles. The first kappa shape index (κ1) is 11.2. The molecule has 0 aromatic carbocycles. The first-order chi connectivity index (χ1) is 5.50. The molecule has 0 spiro atoms. The van der Waals surface area contributed by atoms with Crippen LogP contribution in [-0.2, 0) is 0 Å². The minimum absolute atomic E-state index is 0.996. The molecule has 0 nitrogen and oxygen atoms in total. The van der Waals surface area contributed by atoms with Crippen LogP contribution in [0.4, 0.5) is 0 Å². The lowest BCUT2D eigenvalue weighted by molar-refractivity contribution is 1.11. The number of rotatable bonds is 3. The molecular weight excluding hydrogens is 144 g/mol. The molecule has 0 saturated carbocycles. The van der Waals surface area contributed by atoms with Crippen LogP contribution in [0.5, 0.6) is 0 Å². The third-order valence-corrected chi connectivity index (χ3v) is 2.40. The Morgan fingerprint density at radius 3 is 1.83 bits per heavy atom. The Morgan fingerprint density at radius 1 is 1.00 bits per heavy atom. The molecule has 0 aliphatic heterocycles. The van der Waals surface area contributed by atoms with E-state index in [-0.39, 0.29) is 0 Å². The van der Waals surface area contributed by atoms with Crippen LogP contribution >= 0.6 is 0 Å². The van der Waals surface area contributed by atoms with Crippen molar-refractivity contribution < 1.29 is 0 Å². The highest BCUT2D eigenvalue weighted by Gasteiger charge is 1.98. The first-order valence-corrected chi connectivity index (χ1v) is 4.42. The normalized spacial score (nSPS) is 12.1. The Morgan fingerprint density at radius 2 is 1.50 bits per heavy atom. The second kappa shape index (κ2) is 4.97. The monoisotopic (exact) mass is 164 g/mol. The molecule has 0 bridgehead atoms. The summed E-state index contributed by atoms with van der Waals surface area (Å²) in [6.07, 6.45) is 2.95. The number of hydrogen-bond acceptors (Lipinski definition) is 0. The molecule has 68 valence electrons. The van der Waals surface area contributed by atoms with Gasteiger partial charge in [0.05, 0.1) is 0 Å². The lowest BCUT2D eigenvalue weighted by atomic mass is 9.98. The minimum Gasteiger partial charge on any atom is -0.103 e. The molecule has 0 unspecified atom stereocenters. The van der Waals surface area contributed by atoms with Gasteiger partial charge >= 0.3 is 0 Å². The minimum atomic E-state index is 0.996. The zero-order valence-corrected chi connectivity index (χ0v) is 8.99. The van der Waals surface area contributed by atoms with E-state index in [2.05, 4.69) is 41.2 Å². The van der Waals surface area contributed by atoms with Crippen LogP contribution in [0.1, 0.15) is 41.0 Å². The molecule has 0 amide bonds. The van der Waals surface area contributed by atoms with Crippen molar-refractivity contribution in [1.29, 1.82) is 0 Å². The average Bonchev–Trinajstić information content (AvgIpc) is 2.02. The maximum absolute atomic E-state index is 3.74. The molecule has 0 aliphatic carbocycles. The van der Waals surface area contributed by atoms with Crippen molar-refractivity contribution in [1.82, 2.24) is 0 Å². The molecule has 0 aromatic heterocycles. The van der Waals surface area contributed by atoms with Crippen LogP contribution in [-0.4, -0.2) is 0 Å². The summed E-state index contributed by atoms with van der Waals surface area (Å²) < 4.78 is 0. The van der Waals surface area contributed by atoms with Gasteiger partial charge in [0.15, 0.2) is 0 Å². The molecule has 0 rings (SSSR count). The van der Waals surface area contributed by atoms with E-state index in [9.17, 15) is 0 Å². The van der Waals surface area contributed by atoms with Crippen LogP contribution < -0.4 is 0 Å². The van der Waals surface area contributed by atoms with Crippen LogP contribution in [0.2, 0.25) is 0 Å². The fraction of sp³-hybridized carbons (Fsp3) is 0.500. The number of allylic oxidation sites excluding steroid dienone is 5. The Hall–Kier alpha value is -0.780. The van der Waals surface area contributed by atoms with E-state index in [1.54, 1.807) is 0 Å². The van der Waals surface area contributed by atoms with Crippen LogP contribution in [0.25, 0.3) is 0 Å². The Bertz CT molecular complexity index is 222. The molecule has 0 aromatic rings. The zero-order chi connectivity index (χ0) is 9.72. The lowest BCUT2D eigenvalue weighted by Crippen LogP contribution is -1.87. The summed E-state index contributed by atoms with van der Waals surface area (Å²) in [4.78, 5) is 0. The fourth-order valence-electron chi connectivity index (χ4n) is 1.06. The summed E-state index contributed by atoms with van der Waals surface area (Å²) in [5.74, 6) is 0. The summed E-state index contributed by atoms with van der Waals surface area (Å²) >= 11 is 0. The molecule has 0 radical (unpaired) electrons. The summed E-state index contributed by atoms with van der Waals surface area (Å²) in [6, 6.07) is 0. The van der Waals surface area contributed by atoms with E-state index < -0.39 is 0 Å². The van der Waals surface area contributed by atoms with Gasteiger partial charge in [-0.05, 0) is 52.2 Å². The van der Waals surface area contributed by atoms with Crippen LogP contribution in [0, 0.1) is 0 Å². The summed E-state index contributed by atoms with van der Waals surface area (Å²) in [5.41, 5.74) is 5.64. The van der Waals surface area contributed by atoms with Gasteiger partial charge in [0.25, 0.3) is 0 Å². The molecule has 12 heavy (non-hydrogen) atoms. The molecule has 0 atom stereocenters. The van der Waals surface area contributed by atoms with Crippen molar-refractivity contribution in [2.75, 3.05) is 0 Å². The van der Waals surface area contributed by atoms with E-state index in [0.29, 0.717) is 0 Å². The van der Waals surface area contributed by atoms with Gasteiger partial charge < -0.3 is 0 Å².